The quantitative estimate of drug-likeness (QED) is 0.170. The summed E-state index contributed by atoms with van der Waals surface area (Å²) in [4.78, 5) is 33.1. The van der Waals surface area contributed by atoms with Crippen molar-refractivity contribution < 1.29 is 14.3 Å². The number of hydrogen-bond acceptors (Lipinski definition) is 4. The summed E-state index contributed by atoms with van der Waals surface area (Å²) < 4.78 is 5.44. The van der Waals surface area contributed by atoms with Crippen LogP contribution in [0.25, 0.3) is 0 Å². The molecule has 0 unspecified atom stereocenters. The fourth-order valence-electron chi connectivity index (χ4n) is 4.00. The lowest BCUT2D eigenvalue weighted by atomic mass is 9.96. The fraction of sp³-hybridized carbons (Fsp3) is 0.609. The van der Waals surface area contributed by atoms with Crippen molar-refractivity contribution in [3.63, 3.8) is 0 Å². The standard InChI is InChI=1S/C23H34N4O3.HI/c1-3-24-23(26(2)15-10-18-11-16-30-17-12-18)25-13-6-7-14-27-21(28)19-8-4-5-9-20(19)22(27)29;/h4-5,8-9,18H,3,6-7,10-17H2,1-2H3,(H,24,25);1H. The molecule has 0 bridgehead atoms. The number of rotatable bonds is 9. The van der Waals surface area contributed by atoms with E-state index in [-0.39, 0.29) is 35.8 Å². The number of ether oxygens (including phenoxy) is 1. The molecule has 1 N–H and O–H groups in total. The van der Waals surface area contributed by atoms with E-state index in [1.54, 1.807) is 24.3 Å². The molecule has 0 aromatic heterocycles. The maximum Gasteiger partial charge on any atom is 0.261 e. The van der Waals surface area contributed by atoms with Crippen LogP contribution in [0.1, 0.15) is 59.7 Å². The maximum atomic E-state index is 12.4. The highest BCUT2D eigenvalue weighted by molar-refractivity contribution is 14.0. The van der Waals surface area contributed by atoms with Gasteiger partial charge in [-0.2, -0.15) is 0 Å². The second-order valence-corrected chi connectivity index (χ2v) is 8.02. The molecule has 2 aliphatic heterocycles. The molecule has 0 aliphatic carbocycles. The number of carbonyl (C=O) groups is 2. The number of halogens is 1. The molecule has 7 nitrogen and oxygen atoms in total. The van der Waals surface area contributed by atoms with Crippen LogP contribution in [0, 0.1) is 5.92 Å². The van der Waals surface area contributed by atoms with Crippen LogP contribution in [0.15, 0.2) is 29.3 Å². The molecular weight excluding hydrogens is 507 g/mol. The van der Waals surface area contributed by atoms with E-state index in [1.807, 2.05) is 0 Å². The second kappa shape index (κ2) is 13.0. The number of amides is 2. The highest BCUT2D eigenvalue weighted by atomic mass is 127. The van der Waals surface area contributed by atoms with Gasteiger partial charge in [0, 0.05) is 46.4 Å². The Hall–Kier alpha value is -1.68. The molecule has 0 saturated carbocycles. The Morgan fingerprint density at radius 2 is 1.81 bits per heavy atom. The van der Waals surface area contributed by atoms with Crippen LogP contribution in [0.2, 0.25) is 0 Å². The third-order valence-electron chi connectivity index (χ3n) is 5.84. The summed E-state index contributed by atoms with van der Waals surface area (Å²) in [5, 5.41) is 3.36. The summed E-state index contributed by atoms with van der Waals surface area (Å²) in [6.45, 7) is 6.77. The molecule has 2 aliphatic rings. The predicted molar refractivity (Wildman–Crippen MR) is 133 cm³/mol. The molecule has 0 radical (unpaired) electrons. The fourth-order valence-corrected chi connectivity index (χ4v) is 4.00. The molecule has 0 atom stereocenters. The van der Waals surface area contributed by atoms with Crippen molar-refractivity contribution in [3.05, 3.63) is 35.4 Å². The lowest BCUT2D eigenvalue weighted by molar-refractivity contribution is 0.0624. The van der Waals surface area contributed by atoms with Gasteiger partial charge in [-0.3, -0.25) is 19.5 Å². The average Bonchev–Trinajstić information content (AvgIpc) is 3.02. The number of benzene rings is 1. The van der Waals surface area contributed by atoms with Gasteiger partial charge in [0.1, 0.15) is 0 Å². The zero-order chi connectivity index (χ0) is 21.3. The highest BCUT2D eigenvalue weighted by Gasteiger charge is 2.34. The molecule has 0 spiro atoms. The van der Waals surface area contributed by atoms with Crippen LogP contribution in [0.5, 0.6) is 0 Å². The van der Waals surface area contributed by atoms with Crippen molar-refractivity contribution in [1.29, 1.82) is 0 Å². The molecule has 1 saturated heterocycles. The van der Waals surface area contributed by atoms with Crippen molar-refractivity contribution in [3.8, 4) is 0 Å². The molecule has 1 aromatic rings. The lowest BCUT2D eigenvalue weighted by Crippen LogP contribution is -2.40. The predicted octanol–water partition coefficient (Wildman–Crippen LogP) is 3.39. The number of nitrogens with zero attached hydrogens (tertiary/aromatic N) is 3. The summed E-state index contributed by atoms with van der Waals surface area (Å²) in [6, 6.07) is 7.03. The minimum Gasteiger partial charge on any atom is -0.381 e. The first-order chi connectivity index (χ1) is 14.6. The van der Waals surface area contributed by atoms with E-state index in [9.17, 15) is 9.59 Å². The Bertz CT molecular complexity index is 730. The molecule has 2 heterocycles. The van der Waals surface area contributed by atoms with Gasteiger partial charge >= 0.3 is 0 Å². The summed E-state index contributed by atoms with van der Waals surface area (Å²) >= 11 is 0. The van der Waals surface area contributed by atoms with Crippen molar-refractivity contribution in [2.24, 2.45) is 10.9 Å². The van der Waals surface area contributed by atoms with Crippen LogP contribution in [0.4, 0.5) is 0 Å². The monoisotopic (exact) mass is 542 g/mol. The zero-order valence-corrected chi connectivity index (χ0v) is 21.0. The van der Waals surface area contributed by atoms with E-state index in [0.717, 1.165) is 70.3 Å². The molecule has 1 aromatic carbocycles. The number of carbonyl (C=O) groups excluding carboxylic acids is 2. The highest BCUT2D eigenvalue weighted by Crippen LogP contribution is 2.22. The normalized spacial score (nSPS) is 16.8. The van der Waals surface area contributed by atoms with E-state index in [0.29, 0.717) is 24.2 Å². The minimum absolute atomic E-state index is 0. The second-order valence-electron chi connectivity index (χ2n) is 8.02. The summed E-state index contributed by atoms with van der Waals surface area (Å²) in [6.07, 6.45) is 5.04. The van der Waals surface area contributed by atoms with Crippen LogP contribution >= 0.6 is 24.0 Å². The van der Waals surface area contributed by atoms with Crippen LogP contribution in [0.3, 0.4) is 0 Å². The van der Waals surface area contributed by atoms with Crippen LogP contribution in [-0.2, 0) is 4.74 Å². The van der Waals surface area contributed by atoms with Gasteiger partial charge in [-0.05, 0) is 57.1 Å². The van der Waals surface area contributed by atoms with E-state index in [2.05, 4.69) is 24.2 Å². The van der Waals surface area contributed by atoms with E-state index < -0.39 is 0 Å². The van der Waals surface area contributed by atoms with E-state index in [1.165, 1.54) is 4.90 Å². The SMILES string of the molecule is CCNC(=NCCCCN1C(=O)c2ccccc2C1=O)N(C)CCC1CCOCC1.I. The maximum absolute atomic E-state index is 12.4. The largest absolute Gasteiger partial charge is 0.381 e. The first-order valence-electron chi connectivity index (χ1n) is 11.1. The Morgan fingerprint density at radius 3 is 2.42 bits per heavy atom. The smallest absolute Gasteiger partial charge is 0.261 e. The Morgan fingerprint density at radius 1 is 1.16 bits per heavy atom. The van der Waals surface area contributed by atoms with Gasteiger partial charge in [-0.1, -0.05) is 12.1 Å². The number of hydrogen-bond donors (Lipinski definition) is 1. The van der Waals surface area contributed by atoms with Gasteiger partial charge in [-0.25, -0.2) is 0 Å². The zero-order valence-electron chi connectivity index (χ0n) is 18.6. The number of fused-ring (bicyclic) bond motifs is 1. The van der Waals surface area contributed by atoms with Crippen LogP contribution in [-0.4, -0.2) is 74.0 Å². The van der Waals surface area contributed by atoms with Crippen molar-refractivity contribution >= 4 is 41.8 Å². The molecule has 2 amide bonds. The van der Waals surface area contributed by atoms with Gasteiger partial charge in [0.2, 0.25) is 0 Å². The van der Waals surface area contributed by atoms with E-state index in [4.69, 9.17) is 9.73 Å². The van der Waals surface area contributed by atoms with Gasteiger partial charge in [0.05, 0.1) is 11.1 Å². The van der Waals surface area contributed by atoms with Crippen molar-refractivity contribution in [2.75, 3.05) is 46.4 Å². The summed E-state index contributed by atoms with van der Waals surface area (Å²) in [7, 11) is 2.08. The summed E-state index contributed by atoms with van der Waals surface area (Å²) in [5.41, 5.74) is 1.03. The number of nitrogens with one attached hydrogen (secondary N) is 1. The Balaban J connectivity index is 0.00000341. The number of imide groups is 1. The molecule has 3 rings (SSSR count). The molecule has 31 heavy (non-hydrogen) atoms. The lowest BCUT2D eigenvalue weighted by Gasteiger charge is -2.26. The minimum atomic E-state index is -0.180. The van der Waals surface area contributed by atoms with Gasteiger partial charge in [0.15, 0.2) is 5.96 Å². The topological polar surface area (TPSA) is 74.2 Å². The average molecular weight is 542 g/mol. The van der Waals surface area contributed by atoms with E-state index >= 15 is 0 Å². The molecule has 172 valence electrons. The van der Waals surface area contributed by atoms with Crippen molar-refractivity contribution in [2.45, 2.75) is 39.0 Å². The van der Waals surface area contributed by atoms with Gasteiger partial charge < -0.3 is 15.0 Å². The Kier molecular flexibility index (Phi) is 10.7. The van der Waals surface area contributed by atoms with Crippen LogP contribution < -0.4 is 5.32 Å². The number of guanidine groups is 1. The summed E-state index contributed by atoms with van der Waals surface area (Å²) in [5.74, 6) is 1.30. The Labute approximate surface area is 202 Å². The van der Waals surface area contributed by atoms with Crippen molar-refractivity contribution in [1.82, 2.24) is 15.1 Å². The first-order valence-corrected chi connectivity index (χ1v) is 11.1. The van der Waals surface area contributed by atoms with Gasteiger partial charge in [0.25, 0.3) is 11.8 Å². The number of aliphatic imine (C=N–C) groups is 1. The third-order valence-corrected chi connectivity index (χ3v) is 5.84. The molecule has 1 fully saturated rings. The number of unbranched alkanes of at least 4 members (excludes halogenated alkanes) is 1. The molecular formula is C23H35IN4O3. The third kappa shape index (κ3) is 6.90. The van der Waals surface area contributed by atoms with Gasteiger partial charge in [-0.15, -0.1) is 24.0 Å². The first kappa shape index (κ1) is 25.6. The molecule has 8 heteroatoms.